The number of aliphatic carboxylic acids is 1. The number of nitrogens with two attached hydrogens (primary N) is 1. The first-order valence-corrected chi connectivity index (χ1v) is 6.65. The van der Waals surface area contributed by atoms with Crippen LogP contribution in [-0.2, 0) is 4.79 Å². The van der Waals surface area contributed by atoms with E-state index >= 15 is 0 Å². The van der Waals surface area contributed by atoms with Gasteiger partial charge < -0.3 is 10.8 Å². The van der Waals surface area contributed by atoms with Crippen molar-refractivity contribution >= 4 is 5.97 Å². The minimum Gasteiger partial charge on any atom is -0.481 e. The summed E-state index contributed by atoms with van der Waals surface area (Å²) >= 11 is 0. The van der Waals surface area contributed by atoms with E-state index in [9.17, 15) is 9.90 Å². The van der Waals surface area contributed by atoms with E-state index in [1.54, 1.807) is 0 Å². The van der Waals surface area contributed by atoms with Crippen LogP contribution in [0.3, 0.4) is 0 Å². The zero-order valence-corrected chi connectivity index (χ0v) is 10.6. The lowest BCUT2D eigenvalue weighted by Gasteiger charge is -2.43. The summed E-state index contributed by atoms with van der Waals surface area (Å²) in [5, 5.41) is 9.17. The topological polar surface area (TPSA) is 63.3 Å². The van der Waals surface area contributed by atoms with E-state index in [1.807, 2.05) is 18.2 Å². The highest BCUT2D eigenvalue weighted by molar-refractivity contribution is 5.68. The number of hydrogen-bond donors (Lipinski definition) is 2. The molecule has 1 fully saturated rings. The molecule has 18 heavy (non-hydrogen) atoms. The van der Waals surface area contributed by atoms with Crippen LogP contribution in [0.5, 0.6) is 0 Å². The number of benzene rings is 1. The molecular formula is C15H21NO2. The van der Waals surface area contributed by atoms with Crippen LogP contribution in [-0.4, -0.2) is 17.6 Å². The fraction of sp³-hybridized carbons (Fsp3) is 0.533. The molecule has 98 valence electrons. The molecule has 3 nitrogen and oxygen atoms in total. The molecule has 0 radical (unpaired) electrons. The van der Waals surface area contributed by atoms with Crippen LogP contribution in [0, 0.1) is 5.41 Å². The van der Waals surface area contributed by atoms with Gasteiger partial charge in [-0.2, -0.15) is 0 Å². The SMILES string of the molecule is NCC1(CC(=O)O)CCCCC1c1ccccc1. The fourth-order valence-corrected chi connectivity index (χ4v) is 3.34. The van der Waals surface area contributed by atoms with Crippen molar-refractivity contribution in [3.63, 3.8) is 0 Å². The third kappa shape index (κ3) is 2.56. The maximum absolute atomic E-state index is 11.2. The Morgan fingerprint density at radius 2 is 2.06 bits per heavy atom. The van der Waals surface area contributed by atoms with E-state index in [1.165, 1.54) is 12.0 Å². The molecule has 0 bridgehead atoms. The predicted octanol–water partition coefficient (Wildman–Crippen LogP) is 2.76. The van der Waals surface area contributed by atoms with Gasteiger partial charge in [0.1, 0.15) is 0 Å². The van der Waals surface area contributed by atoms with Crippen molar-refractivity contribution in [2.24, 2.45) is 11.1 Å². The third-order valence-electron chi connectivity index (χ3n) is 4.27. The normalized spacial score (nSPS) is 27.9. The molecule has 1 aliphatic carbocycles. The van der Waals surface area contributed by atoms with Gasteiger partial charge in [0.25, 0.3) is 0 Å². The Kier molecular flexibility index (Phi) is 4.02. The standard InChI is InChI=1S/C15H21NO2/c16-11-15(10-14(17)18)9-5-4-8-13(15)12-6-2-1-3-7-12/h1-3,6-7,13H,4-5,8-11,16H2,(H,17,18). The predicted molar refractivity (Wildman–Crippen MR) is 71.4 cm³/mol. The van der Waals surface area contributed by atoms with Crippen molar-refractivity contribution in [2.75, 3.05) is 6.54 Å². The summed E-state index contributed by atoms with van der Waals surface area (Å²) in [7, 11) is 0. The first-order chi connectivity index (χ1) is 8.68. The van der Waals surface area contributed by atoms with Gasteiger partial charge >= 0.3 is 5.97 Å². The van der Waals surface area contributed by atoms with Crippen LogP contribution in [0.4, 0.5) is 0 Å². The Hall–Kier alpha value is -1.35. The molecule has 3 N–H and O–H groups in total. The summed E-state index contributed by atoms with van der Waals surface area (Å²) in [6.45, 7) is 0.457. The molecule has 2 unspecified atom stereocenters. The number of carbonyl (C=O) groups is 1. The summed E-state index contributed by atoms with van der Waals surface area (Å²) < 4.78 is 0. The van der Waals surface area contributed by atoms with E-state index in [0.717, 1.165) is 19.3 Å². The van der Waals surface area contributed by atoms with Crippen LogP contribution in [0.1, 0.15) is 43.6 Å². The van der Waals surface area contributed by atoms with Gasteiger partial charge in [0.15, 0.2) is 0 Å². The molecule has 2 rings (SSSR count). The number of rotatable bonds is 4. The minimum atomic E-state index is -0.733. The van der Waals surface area contributed by atoms with E-state index in [4.69, 9.17) is 5.73 Å². The molecule has 0 heterocycles. The molecule has 0 aromatic heterocycles. The van der Waals surface area contributed by atoms with Crippen molar-refractivity contribution in [1.29, 1.82) is 0 Å². The summed E-state index contributed by atoms with van der Waals surface area (Å²) in [5.41, 5.74) is 6.93. The summed E-state index contributed by atoms with van der Waals surface area (Å²) in [4.78, 5) is 11.2. The molecular weight excluding hydrogens is 226 g/mol. The highest BCUT2D eigenvalue weighted by Gasteiger charge is 2.41. The average Bonchev–Trinajstić information content (AvgIpc) is 2.39. The lowest BCUT2D eigenvalue weighted by molar-refractivity contribution is -0.140. The molecule has 1 aromatic rings. The Morgan fingerprint density at radius 3 is 2.67 bits per heavy atom. The Morgan fingerprint density at radius 1 is 1.33 bits per heavy atom. The maximum Gasteiger partial charge on any atom is 0.303 e. The van der Waals surface area contributed by atoms with Crippen molar-refractivity contribution in [3.8, 4) is 0 Å². The largest absolute Gasteiger partial charge is 0.481 e. The minimum absolute atomic E-state index is 0.184. The zero-order valence-electron chi connectivity index (χ0n) is 10.6. The van der Waals surface area contributed by atoms with Crippen LogP contribution in [0.2, 0.25) is 0 Å². The van der Waals surface area contributed by atoms with Gasteiger partial charge in [-0.05, 0) is 36.3 Å². The maximum atomic E-state index is 11.2. The Labute approximate surface area is 108 Å². The second-order valence-corrected chi connectivity index (χ2v) is 5.35. The first-order valence-electron chi connectivity index (χ1n) is 6.65. The Bertz CT molecular complexity index is 404. The monoisotopic (exact) mass is 247 g/mol. The summed E-state index contributed by atoms with van der Waals surface area (Å²) in [6.07, 6.45) is 4.42. The highest BCUT2D eigenvalue weighted by atomic mass is 16.4. The van der Waals surface area contributed by atoms with E-state index < -0.39 is 5.97 Å². The van der Waals surface area contributed by atoms with Crippen molar-refractivity contribution < 1.29 is 9.90 Å². The second kappa shape index (κ2) is 5.53. The molecule has 0 spiro atoms. The molecule has 0 amide bonds. The number of carboxylic acids is 1. The third-order valence-corrected chi connectivity index (χ3v) is 4.27. The highest BCUT2D eigenvalue weighted by Crippen LogP contribution is 2.48. The van der Waals surface area contributed by atoms with E-state index in [2.05, 4.69) is 12.1 Å². The molecule has 1 aliphatic rings. The molecule has 0 saturated heterocycles. The van der Waals surface area contributed by atoms with Gasteiger partial charge in [-0.1, -0.05) is 43.2 Å². The van der Waals surface area contributed by atoms with Gasteiger partial charge in [0.2, 0.25) is 0 Å². The molecule has 2 atom stereocenters. The van der Waals surface area contributed by atoms with Gasteiger partial charge in [0.05, 0.1) is 6.42 Å². The molecule has 1 aromatic carbocycles. The Balaban J connectivity index is 2.32. The fourth-order valence-electron chi connectivity index (χ4n) is 3.34. The van der Waals surface area contributed by atoms with Gasteiger partial charge in [-0.25, -0.2) is 0 Å². The van der Waals surface area contributed by atoms with E-state index in [-0.39, 0.29) is 17.8 Å². The second-order valence-electron chi connectivity index (χ2n) is 5.35. The van der Waals surface area contributed by atoms with Crippen LogP contribution < -0.4 is 5.73 Å². The van der Waals surface area contributed by atoms with Crippen molar-refractivity contribution in [2.45, 2.75) is 38.0 Å². The molecule has 1 saturated carbocycles. The summed E-state index contributed by atoms with van der Waals surface area (Å²) in [6, 6.07) is 10.2. The van der Waals surface area contributed by atoms with Gasteiger partial charge in [0, 0.05) is 0 Å². The van der Waals surface area contributed by atoms with E-state index in [0.29, 0.717) is 6.54 Å². The van der Waals surface area contributed by atoms with Crippen LogP contribution >= 0.6 is 0 Å². The first kappa shape index (κ1) is 13.1. The quantitative estimate of drug-likeness (QED) is 0.860. The number of hydrogen-bond acceptors (Lipinski definition) is 2. The smallest absolute Gasteiger partial charge is 0.303 e. The van der Waals surface area contributed by atoms with Crippen LogP contribution in [0.15, 0.2) is 30.3 Å². The lowest BCUT2D eigenvalue weighted by Crippen LogP contribution is -2.41. The average molecular weight is 247 g/mol. The van der Waals surface area contributed by atoms with Gasteiger partial charge in [-0.15, -0.1) is 0 Å². The summed E-state index contributed by atoms with van der Waals surface area (Å²) in [5.74, 6) is -0.447. The van der Waals surface area contributed by atoms with Crippen molar-refractivity contribution in [3.05, 3.63) is 35.9 Å². The van der Waals surface area contributed by atoms with Crippen molar-refractivity contribution in [1.82, 2.24) is 0 Å². The van der Waals surface area contributed by atoms with Gasteiger partial charge in [-0.3, -0.25) is 4.79 Å². The molecule has 0 aliphatic heterocycles. The zero-order chi connectivity index (χ0) is 13.0. The molecule has 3 heteroatoms. The lowest BCUT2D eigenvalue weighted by atomic mass is 9.62. The van der Waals surface area contributed by atoms with Crippen LogP contribution in [0.25, 0.3) is 0 Å². The number of carboxylic acid groups (broad SMARTS) is 1.